The van der Waals surface area contributed by atoms with Crippen molar-refractivity contribution in [1.82, 2.24) is 0 Å². The van der Waals surface area contributed by atoms with E-state index in [2.05, 4.69) is 13.2 Å². The average molecular weight is 234 g/mol. The number of hydrogen-bond acceptors (Lipinski definition) is 2. The molecular weight excluding hydrogens is 216 g/mol. The van der Waals surface area contributed by atoms with E-state index in [1.54, 1.807) is 13.0 Å². The van der Waals surface area contributed by atoms with E-state index < -0.39 is 0 Å². The fourth-order valence-electron chi connectivity index (χ4n) is 1.05. The van der Waals surface area contributed by atoms with Crippen molar-refractivity contribution in [2.45, 2.75) is 20.8 Å². The largest absolute Gasteiger partial charge is 0.294 e. The minimum atomic E-state index is 0.0665. The third-order valence-electron chi connectivity index (χ3n) is 1.89. The van der Waals surface area contributed by atoms with Gasteiger partial charge in [-0.2, -0.15) is 0 Å². The van der Waals surface area contributed by atoms with Gasteiger partial charge in [0, 0.05) is 4.91 Å². The van der Waals surface area contributed by atoms with Crippen molar-refractivity contribution in [3.63, 3.8) is 0 Å². The number of rotatable bonds is 6. The molecule has 0 saturated carbocycles. The molecule has 0 aliphatic carbocycles. The summed E-state index contributed by atoms with van der Waals surface area (Å²) in [5.41, 5.74) is 1.01. The standard InChI is InChI=1S/C14H18OS/c1-6-9-10-13(7-2)12(5)16-14(8-3)11(4)15/h6-10H,1,5H2,2-4H3/b10-9-,13-7+,14-8-. The summed E-state index contributed by atoms with van der Waals surface area (Å²) in [5, 5.41) is 0. The summed E-state index contributed by atoms with van der Waals surface area (Å²) in [6, 6.07) is 0. The molecule has 0 atom stereocenters. The highest BCUT2D eigenvalue weighted by molar-refractivity contribution is 8.07. The zero-order valence-corrected chi connectivity index (χ0v) is 10.9. The molecule has 0 bridgehead atoms. The molecule has 16 heavy (non-hydrogen) atoms. The Morgan fingerprint density at radius 2 is 1.88 bits per heavy atom. The van der Waals surface area contributed by atoms with Gasteiger partial charge in [0.2, 0.25) is 0 Å². The second kappa shape index (κ2) is 7.94. The third kappa shape index (κ3) is 4.99. The quantitative estimate of drug-likeness (QED) is 0.500. The molecule has 2 heteroatoms. The minimum Gasteiger partial charge on any atom is -0.294 e. The van der Waals surface area contributed by atoms with Gasteiger partial charge in [-0.15, -0.1) is 0 Å². The smallest absolute Gasteiger partial charge is 0.166 e. The molecule has 0 saturated heterocycles. The molecule has 0 unspecified atom stereocenters. The molecule has 0 aromatic rings. The molecule has 0 N–H and O–H groups in total. The van der Waals surface area contributed by atoms with Crippen LogP contribution in [0.4, 0.5) is 0 Å². The Kier molecular flexibility index (Phi) is 7.31. The molecular formula is C14H18OS. The number of allylic oxidation sites excluding steroid dienone is 7. The van der Waals surface area contributed by atoms with Crippen LogP contribution in [0.1, 0.15) is 20.8 Å². The number of carbonyl (C=O) groups excluding carboxylic acids is 1. The third-order valence-corrected chi connectivity index (χ3v) is 3.11. The van der Waals surface area contributed by atoms with E-state index in [0.717, 1.165) is 15.4 Å². The highest BCUT2D eigenvalue weighted by Gasteiger charge is 2.07. The van der Waals surface area contributed by atoms with Crippen molar-refractivity contribution >= 4 is 17.5 Å². The molecule has 0 spiro atoms. The van der Waals surface area contributed by atoms with Crippen LogP contribution in [0.15, 0.2) is 58.9 Å². The first-order valence-electron chi connectivity index (χ1n) is 5.06. The number of hydrogen-bond donors (Lipinski definition) is 0. The van der Waals surface area contributed by atoms with E-state index in [1.165, 1.54) is 11.8 Å². The molecule has 1 nitrogen and oxygen atoms in total. The minimum absolute atomic E-state index is 0.0665. The lowest BCUT2D eigenvalue weighted by Gasteiger charge is -2.07. The van der Waals surface area contributed by atoms with Gasteiger partial charge in [0.05, 0.1) is 4.91 Å². The predicted molar refractivity (Wildman–Crippen MR) is 74.3 cm³/mol. The Morgan fingerprint density at radius 1 is 1.25 bits per heavy atom. The summed E-state index contributed by atoms with van der Waals surface area (Å²) in [6.45, 7) is 12.9. The van der Waals surface area contributed by atoms with E-state index in [4.69, 9.17) is 0 Å². The van der Waals surface area contributed by atoms with E-state index >= 15 is 0 Å². The number of carbonyl (C=O) groups is 1. The van der Waals surface area contributed by atoms with E-state index in [-0.39, 0.29) is 5.78 Å². The van der Waals surface area contributed by atoms with E-state index in [0.29, 0.717) is 0 Å². The summed E-state index contributed by atoms with van der Waals surface area (Å²) in [7, 11) is 0. The summed E-state index contributed by atoms with van der Waals surface area (Å²) in [6.07, 6.45) is 9.26. The van der Waals surface area contributed by atoms with Crippen LogP contribution in [0.2, 0.25) is 0 Å². The van der Waals surface area contributed by atoms with Crippen LogP contribution in [0.3, 0.4) is 0 Å². The highest BCUT2D eigenvalue weighted by atomic mass is 32.2. The Bertz CT molecular complexity index is 370. The highest BCUT2D eigenvalue weighted by Crippen LogP contribution is 2.30. The van der Waals surface area contributed by atoms with Crippen molar-refractivity contribution in [2.24, 2.45) is 0 Å². The number of ketones is 1. The van der Waals surface area contributed by atoms with Crippen LogP contribution in [0.25, 0.3) is 0 Å². The van der Waals surface area contributed by atoms with Gasteiger partial charge in [0.25, 0.3) is 0 Å². The Labute approximate surface area is 102 Å². The maximum atomic E-state index is 11.3. The van der Waals surface area contributed by atoms with Crippen LogP contribution < -0.4 is 0 Å². The first-order valence-corrected chi connectivity index (χ1v) is 5.88. The normalized spacial score (nSPS) is 12.9. The predicted octanol–water partition coefficient (Wildman–Crippen LogP) is 4.41. The average Bonchev–Trinajstić information content (AvgIpc) is 2.26. The Balaban J connectivity index is 4.74. The van der Waals surface area contributed by atoms with Crippen LogP contribution in [-0.4, -0.2) is 5.78 Å². The molecule has 86 valence electrons. The molecule has 0 fully saturated rings. The van der Waals surface area contributed by atoms with Gasteiger partial charge in [-0.1, -0.05) is 55.3 Å². The van der Waals surface area contributed by atoms with E-state index in [9.17, 15) is 4.79 Å². The van der Waals surface area contributed by atoms with Crippen molar-refractivity contribution < 1.29 is 4.79 Å². The van der Waals surface area contributed by atoms with Crippen LogP contribution in [-0.2, 0) is 4.79 Å². The second-order valence-corrected chi connectivity index (χ2v) is 4.21. The zero-order chi connectivity index (χ0) is 12.6. The van der Waals surface area contributed by atoms with Gasteiger partial charge in [-0.25, -0.2) is 0 Å². The molecule has 0 amide bonds. The first kappa shape index (κ1) is 14.7. The van der Waals surface area contributed by atoms with Gasteiger partial charge in [0.15, 0.2) is 5.78 Å². The number of thioether (sulfide) groups is 1. The van der Waals surface area contributed by atoms with Crippen LogP contribution in [0.5, 0.6) is 0 Å². The molecule has 0 radical (unpaired) electrons. The fourth-order valence-corrected chi connectivity index (χ4v) is 1.88. The van der Waals surface area contributed by atoms with Crippen molar-refractivity contribution in [2.75, 3.05) is 0 Å². The van der Waals surface area contributed by atoms with Gasteiger partial charge in [-0.05, 0) is 26.3 Å². The molecule has 0 rings (SSSR count). The summed E-state index contributed by atoms with van der Waals surface area (Å²) in [4.78, 5) is 12.8. The first-order chi connectivity index (χ1) is 7.56. The lowest BCUT2D eigenvalue weighted by Crippen LogP contribution is -1.92. The van der Waals surface area contributed by atoms with Crippen LogP contribution in [0, 0.1) is 0 Å². The zero-order valence-electron chi connectivity index (χ0n) is 10.1. The second-order valence-electron chi connectivity index (χ2n) is 3.07. The van der Waals surface area contributed by atoms with Gasteiger partial charge in [-0.3, -0.25) is 4.79 Å². The summed E-state index contributed by atoms with van der Waals surface area (Å²) >= 11 is 1.40. The molecule has 0 aromatic carbocycles. The topological polar surface area (TPSA) is 17.1 Å². The van der Waals surface area contributed by atoms with Crippen molar-refractivity contribution in [3.8, 4) is 0 Å². The Morgan fingerprint density at radius 3 is 2.25 bits per heavy atom. The van der Waals surface area contributed by atoms with Gasteiger partial charge >= 0.3 is 0 Å². The molecule has 0 heterocycles. The van der Waals surface area contributed by atoms with Gasteiger partial charge in [0.1, 0.15) is 0 Å². The molecule has 0 aliphatic rings. The SMILES string of the molecule is C=C/C=C\C(=C/C)C(=C)S/C(=C\C)C(C)=O. The Hall–Kier alpha value is -1.28. The lowest BCUT2D eigenvalue weighted by atomic mass is 10.2. The maximum absolute atomic E-state index is 11.3. The molecule has 0 aromatic heterocycles. The van der Waals surface area contributed by atoms with Crippen molar-refractivity contribution in [1.29, 1.82) is 0 Å². The fraction of sp³-hybridized carbons (Fsp3) is 0.214. The lowest BCUT2D eigenvalue weighted by molar-refractivity contribution is -0.112. The maximum Gasteiger partial charge on any atom is 0.166 e. The molecule has 0 aliphatic heterocycles. The van der Waals surface area contributed by atoms with Gasteiger partial charge < -0.3 is 0 Å². The monoisotopic (exact) mass is 234 g/mol. The number of Topliss-reactive ketones (excluding diaryl/α,β-unsaturated/α-hetero) is 1. The van der Waals surface area contributed by atoms with E-state index in [1.807, 2.05) is 38.2 Å². The van der Waals surface area contributed by atoms with Crippen LogP contribution >= 0.6 is 11.8 Å². The summed E-state index contributed by atoms with van der Waals surface area (Å²) in [5.74, 6) is 0.0665. The summed E-state index contributed by atoms with van der Waals surface area (Å²) < 4.78 is 0. The van der Waals surface area contributed by atoms with Crippen molar-refractivity contribution in [3.05, 3.63) is 58.9 Å².